The van der Waals surface area contributed by atoms with Crippen molar-refractivity contribution in [1.82, 2.24) is 9.97 Å². The number of carboxylic acids is 1. The van der Waals surface area contributed by atoms with Gasteiger partial charge >= 0.3 is 5.97 Å². The van der Waals surface area contributed by atoms with Crippen LogP contribution in [0.2, 0.25) is 5.02 Å². The number of fused-ring (bicyclic) bond motifs is 1. The zero-order chi connectivity index (χ0) is 19.5. The highest BCUT2D eigenvalue weighted by atomic mass is 35.5. The van der Waals surface area contributed by atoms with Crippen LogP contribution in [0.15, 0.2) is 84.0 Å². The van der Waals surface area contributed by atoms with Crippen molar-refractivity contribution in [3.63, 3.8) is 0 Å². The van der Waals surface area contributed by atoms with Crippen LogP contribution in [0.5, 0.6) is 0 Å². The lowest BCUT2D eigenvalue weighted by molar-refractivity contribution is -0.136. The topological polar surface area (TPSA) is 63.1 Å². The van der Waals surface area contributed by atoms with Crippen LogP contribution in [0.25, 0.3) is 22.2 Å². The summed E-state index contributed by atoms with van der Waals surface area (Å²) in [5.74, 6) is -0.933. The summed E-state index contributed by atoms with van der Waals surface area (Å²) < 4.78 is 0. The van der Waals surface area contributed by atoms with Crippen molar-refractivity contribution in [2.24, 2.45) is 0 Å². The molecule has 1 heterocycles. The van der Waals surface area contributed by atoms with E-state index < -0.39 is 11.2 Å². The highest BCUT2D eigenvalue weighted by Gasteiger charge is 2.23. The number of aromatic nitrogens is 2. The van der Waals surface area contributed by atoms with Gasteiger partial charge in [-0.1, -0.05) is 84.0 Å². The number of halogens is 1. The molecule has 0 radical (unpaired) electrons. The highest BCUT2D eigenvalue weighted by Crippen LogP contribution is 2.36. The number of benzene rings is 3. The Morgan fingerprint density at radius 2 is 1.61 bits per heavy atom. The molecule has 0 fully saturated rings. The fourth-order valence-electron chi connectivity index (χ4n) is 2.94. The van der Waals surface area contributed by atoms with Crippen LogP contribution < -0.4 is 0 Å². The van der Waals surface area contributed by atoms with Gasteiger partial charge in [-0.05, 0) is 23.8 Å². The van der Waals surface area contributed by atoms with Gasteiger partial charge in [0.15, 0.2) is 5.16 Å². The fraction of sp³-hybridized carbons (Fsp3) is 0.0455. The molecule has 138 valence electrons. The first-order valence-electron chi connectivity index (χ1n) is 8.59. The maximum atomic E-state index is 11.9. The Kier molecular flexibility index (Phi) is 5.28. The fourth-order valence-corrected chi connectivity index (χ4v) is 4.01. The predicted octanol–water partition coefficient (Wildman–Crippen LogP) is 5.87. The van der Waals surface area contributed by atoms with Crippen molar-refractivity contribution in [1.29, 1.82) is 0 Å². The number of rotatable bonds is 5. The van der Waals surface area contributed by atoms with Gasteiger partial charge in [0, 0.05) is 16.0 Å². The van der Waals surface area contributed by atoms with Crippen LogP contribution in [0.4, 0.5) is 0 Å². The average Bonchev–Trinajstić information content (AvgIpc) is 2.72. The third-order valence-electron chi connectivity index (χ3n) is 4.23. The summed E-state index contributed by atoms with van der Waals surface area (Å²) in [6.45, 7) is 0. The summed E-state index contributed by atoms with van der Waals surface area (Å²) in [5.41, 5.74) is 3.07. The number of nitrogens with zero attached hydrogens (tertiary/aromatic N) is 2. The van der Waals surface area contributed by atoms with Crippen LogP contribution in [0.3, 0.4) is 0 Å². The molecule has 0 aliphatic carbocycles. The Balaban J connectivity index is 1.84. The molecule has 0 amide bonds. The number of hydrogen-bond acceptors (Lipinski definition) is 4. The van der Waals surface area contributed by atoms with Gasteiger partial charge in [-0.2, -0.15) is 0 Å². The third kappa shape index (κ3) is 3.86. The van der Waals surface area contributed by atoms with E-state index in [1.807, 2.05) is 60.7 Å². The van der Waals surface area contributed by atoms with Crippen molar-refractivity contribution in [2.75, 3.05) is 0 Å². The summed E-state index contributed by atoms with van der Waals surface area (Å²) in [5, 5.41) is 10.8. The standard InChI is InChI=1S/C22H15ClN2O2S/c23-16-11-12-18-17(13-16)19(14-7-3-1-4-8-14)25-22(24-18)28-20(21(26)27)15-9-5-2-6-10-15/h1-13,20H,(H,26,27)/t20-/m1/s1. The van der Waals surface area contributed by atoms with E-state index in [0.29, 0.717) is 15.7 Å². The Hall–Kier alpha value is -2.89. The molecule has 0 aliphatic heterocycles. The molecule has 4 rings (SSSR count). The minimum atomic E-state index is -0.933. The van der Waals surface area contributed by atoms with Crippen LogP contribution in [-0.4, -0.2) is 21.0 Å². The first-order chi connectivity index (χ1) is 13.6. The van der Waals surface area contributed by atoms with Crippen LogP contribution >= 0.6 is 23.4 Å². The first kappa shape index (κ1) is 18.5. The van der Waals surface area contributed by atoms with Gasteiger partial charge in [0.1, 0.15) is 5.25 Å². The number of carbonyl (C=O) groups is 1. The summed E-state index contributed by atoms with van der Waals surface area (Å²) >= 11 is 7.31. The summed E-state index contributed by atoms with van der Waals surface area (Å²) in [6.07, 6.45) is 0. The number of carboxylic acid groups (broad SMARTS) is 1. The molecule has 4 aromatic rings. The third-order valence-corrected chi connectivity index (χ3v) is 5.57. The van der Waals surface area contributed by atoms with Gasteiger partial charge in [0.05, 0.1) is 11.2 Å². The summed E-state index contributed by atoms with van der Waals surface area (Å²) in [4.78, 5) is 21.1. The molecule has 0 spiro atoms. The van der Waals surface area contributed by atoms with Crippen LogP contribution in [0, 0.1) is 0 Å². The lowest BCUT2D eigenvalue weighted by Crippen LogP contribution is -2.09. The minimum Gasteiger partial charge on any atom is -0.480 e. The highest BCUT2D eigenvalue weighted by molar-refractivity contribution is 8.00. The van der Waals surface area contributed by atoms with Gasteiger partial charge < -0.3 is 5.11 Å². The van der Waals surface area contributed by atoms with E-state index in [0.717, 1.165) is 33.9 Å². The summed E-state index contributed by atoms with van der Waals surface area (Å²) in [7, 11) is 0. The molecule has 4 nitrogen and oxygen atoms in total. The smallest absolute Gasteiger partial charge is 0.321 e. The van der Waals surface area contributed by atoms with E-state index in [4.69, 9.17) is 11.6 Å². The monoisotopic (exact) mass is 406 g/mol. The molecule has 3 aromatic carbocycles. The molecule has 0 bridgehead atoms. The molecule has 1 aromatic heterocycles. The van der Waals surface area contributed by atoms with E-state index >= 15 is 0 Å². The van der Waals surface area contributed by atoms with Crippen LogP contribution in [0.1, 0.15) is 10.8 Å². The van der Waals surface area contributed by atoms with E-state index in [2.05, 4.69) is 9.97 Å². The molecule has 0 saturated carbocycles. The van der Waals surface area contributed by atoms with Gasteiger partial charge in [0.25, 0.3) is 0 Å². The lowest BCUT2D eigenvalue weighted by atomic mass is 10.1. The van der Waals surface area contributed by atoms with E-state index in [1.165, 1.54) is 0 Å². The maximum Gasteiger partial charge on any atom is 0.321 e. The SMILES string of the molecule is O=C(O)[C@H](Sc1nc(-c2ccccc2)c2cc(Cl)ccc2n1)c1ccccc1. The number of aliphatic carboxylic acids is 1. The Morgan fingerprint density at radius 1 is 0.929 bits per heavy atom. The van der Waals surface area contributed by atoms with Crippen molar-refractivity contribution < 1.29 is 9.90 Å². The molecule has 1 atom stereocenters. The minimum absolute atomic E-state index is 0.407. The summed E-state index contributed by atoms with van der Waals surface area (Å²) in [6, 6.07) is 24.3. The number of thioether (sulfide) groups is 1. The largest absolute Gasteiger partial charge is 0.480 e. The molecule has 1 N–H and O–H groups in total. The molecule has 28 heavy (non-hydrogen) atoms. The van der Waals surface area contributed by atoms with Gasteiger partial charge in [0.2, 0.25) is 0 Å². The van der Waals surface area contributed by atoms with Gasteiger partial charge in [-0.25, -0.2) is 9.97 Å². The van der Waals surface area contributed by atoms with Gasteiger partial charge in [-0.3, -0.25) is 4.79 Å². The molecule has 0 unspecified atom stereocenters. The Morgan fingerprint density at radius 3 is 2.29 bits per heavy atom. The van der Waals surface area contributed by atoms with Crippen LogP contribution in [-0.2, 0) is 4.79 Å². The normalized spacial score (nSPS) is 12.0. The Bertz CT molecular complexity index is 1140. The van der Waals surface area contributed by atoms with Crippen molar-refractivity contribution in [3.8, 4) is 11.3 Å². The van der Waals surface area contributed by atoms with Crippen molar-refractivity contribution >= 4 is 40.2 Å². The predicted molar refractivity (Wildman–Crippen MR) is 113 cm³/mol. The zero-order valence-corrected chi connectivity index (χ0v) is 16.2. The first-order valence-corrected chi connectivity index (χ1v) is 9.85. The second kappa shape index (κ2) is 8.00. The second-order valence-corrected chi connectivity index (χ2v) is 7.64. The molecule has 0 aliphatic rings. The lowest BCUT2D eigenvalue weighted by Gasteiger charge is -2.13. The van der Waals surface area contributed by atoms with E-state index in [1.54, 1.807) is 18.2 Å². The van der Waals surface area contributed by atoms with E-state index in [-0.39, 0.29) is 0 Å². The average molecular weight is 407 g/mol. The van der Waals surface area contributed by atoms with Crippen molar-refractivity contribution in [3.05, 3.63) is 89.4 Å². The van der Waals surface area contributed by atoms with Gasteiger partial charge in [-0.15, -0.1) is 0 Å². The van der Waals surface area contributed by atoms with E-state index in [9.17, 15) is 9.90 Å². The Labute approximate surface area is 171 Å². The zero-order valence-electron chi connectivity index (χ0n) is 14.6. The van der Waals surface area contributed by atoms with Crippen molar-refractivity contribution in [2.45, 2.75) is 10.4 Å². The quantitative estimate of drug-likeness (QED) is 0.332. The number of hydrogen-bond donors (Lipinski definition) is 1. The molecule has 0 saturated heterocycles. The molecular formula is C22H15ClN2O2S. The molecular weight excluding hydrogens is 392 g/mol. The molecule has 6 heteroatoms. The second-order valence-electron chi connectivity index (χ2n) is 6.13. The maximum absolute atomic E-state index is 11.9.